The van der Waals surface area contributed by atoms with Gasteiger partial charge >= 0.3 is 0 Å². The SMILES string of the molecule is CC1(C)COC(N2CC[C@](C)(N3CCc4c(-c5cnc(N)nc5)nc(N5CCOCC5)nc43)C2)=N1. The lowest BCUT2D eigenvalue weighted by atomic mass is 9.99. The van der Waals surface area contributed by atoms with Gasteiger partial charge in [-0.15, -0.1) is 0 Å². The van der Waals surface area contributed by atoms with E-state index in [4.69, 9.17) is 30.2 Å². The lowest BCUT2D eigenvalue weighted by Gasteiger charge is -2.37. The minimum absolute atomic E-state index is 0.0879. The molecular weight excluding hydrogens is 446 g/mol. The Morgan fingerprint density at radius 3 is 2.46 bits per heavy atom. The van der Waals surface area contributed by atoms with Crippen molar-refractivity contribution in [1.29, 1.82) is 0 Å². The summed E-state index contributed by atoms with van der Waals surface area (Å²) < 4.78 is 11.5. The molecule has 0 radical (unpaired) electrons. The summed E-state index contributed by atoms with van der Waals surface area (Å²) in [5.41, 5.74) is 8.41. The van der Waals surface area contributed by atoms with Crippen LogP contribution in [0.1, 0.15) is 32.8 Å². The fraction of sp³-hybridized carbons (Fsp3) is 0.625. The van der Waals surface area contributed by atoms with E-state index in [2.05, 4.69) is 45.4 Å². The van der Waals surface area contributed by atoms with Crippen molar-refractivity contribution < 1.29 is 9.47 Å². The molecule has 11 nitrogen and oxygen atoms in total. The van der Waals surface area contributed by atoms with Crippen LogP contribution in [0.5, 0.6) is 0 Å². The Labute approximate surface area is 205 Å². The highest BCUT2D eigenvalue weighted by atomic mass is 16.5. The Bertz CT molecular complexity index is 1150. The summed E-state index contributed by atoms with van der Waals surface area (Å²) in [6.45, 7) is 12.7. The van der Waals surface area contributed by atoms with Crippen LogP contribution in [0.2, 0.25) is 0 Å². The van der Waals surface area contributed by atoms with E-state index in [0.29, 0.717) is 19.8 Å². The fourth-order valence-electron chi connectivity index (χ4n) is 5.43. The van der Waals surface area contributed by atoms with Crippen LogP contribution in [0.25, 0.3) is 11.3 Å². The summed E-state index contributed by atoms with van der Waals surface area (Å²) in [6, 6.07) is 0.773. The molecule has 1 atom stereocenters. The number of ether oxygens (including phenoxy) is 2. The minimum atomic E-state index is -0.162. The summed E-state index contributed by atoms with van der Waals surface area (Å²) in [6.07, 6.45) is 5.39. The molecule has 6 heterocycles. The van der Waals surface area contributed by atoms with Crippen molar-refractivity contribution in [2.45, 2.75) is 44.7 Å². The summed E-state index contributed by atoms with van der Waals surface area (Å²) in [7, 11) is 0. The topological polar surface area (TPSA) is 118 Å². The highest BCUT2D eigenvalue weighted by molar-refractivity contribution is 5.77. The number of fused-ring (bicyclic) bond motifs is 1. The van der Waals surface area contributed by atoms with Crippen molar-refractivity contribution in [3.8, 4) is 11.3 Å². The molecule has 4 aliphatic rings. The van der Waals surface area contributed by atoms with Crippen LogP contribution in [0.4, 0.5) is 17.7 Å². The van der Waals surface area contributed by atoms with Crippen molar-refractivity contribution in [2.24, 2.45) is 4.99 Å². The quantitative estimate of drug-likeness (QED) is 0.691. The van der Waals surface area contributed by atoms with Gasteiger partial charge in [-0.2, -0.15) is 4.98 Å². The fourth-order valence-corrected chi connectivity index (χ4v) is 5.43. The van der Waals surface area contributed by atoms with Crippen LogP contribution >= 0.6 is 0 Å². The van der Waals surface area contributed by atoms with E-state index < -0.39 is 0 Å². The van der Waals surface area contributed by atoms with Crippen molar-refractivity contribution in [3.05, 3.63) is 18.0 Å². The predicted molar refractivity (Wildman–Crippen MR) is 134 cm³/mol. The number of amidine groups is 1. The van der Waals surface area contributed by atoms with Gasteiger partial charge in [0.05, 0.1) is 30.0 Å². The normalized spacial score (nSPS) is 25.6. The van der Waals surface area contributed by atoms with Gasteiger partial charge in [0.25, 0.3) is 6.02 Å². The Morgan fingerprint density at radius 1 is 0.971 bits per heavy atom. The number of aromatic nitrogens is 4. The third kappa shape index (κ3) is 4.01. The molecule has 4 aliphatic heterocycles. The summed E-state index contributed by atoms with van der Waals surface area (Å²) >= 11 is 0. The molecule has 0 aromatic carbocycles. The molecule has 186 valence electrons. The maximum atomic E-state index is 5.95. The zero-order valence-electron chi connectivity index (χ0n) is 20.7. The number of aliphatic imine (C=N–C) groups is 1. The number of nitrogens with two attached hydrogens (primary N) is 1. The number of nitrogen functional groups attached to an aromatic ring is 1. The van der Waals surface area contributed by atoms with Crippen LogP contribution in [-0.4, -0.2) is 94.5 Å². The van der Waals surface area contributed by atoms with E-state index in [1.165, 1.54) is 0 Å². The number of likely N-dealkylation sites (tertiary alicyclic amines) is 1. The largest absolute Gasteiger partial charge is 0.463 e. The van der Waals surface area contributed by atoms with Gasteiger partial charge in [-0.3, -0.25) is 0 Å². The van der Waals surface area contributed by atoms with Crippen LogP contribution < -0.4 is 15.5 Å². The Kier molecular flexibility index (Phi) is 5.21. The monoisotopic (exact) mass is 479 g/mol. The van der Waals surface area contributed by atoms with E-state index in [9.17, 15) is 0 Å². The Hall–Kier alpha value is -3.21. The second kappa shape index (κ2) is 8.18. The van der Waals surface area contributed by atoms with Gasteiger partial charge in [0.1, 0.15) is 12.4 Å². The first-order valence-electron chi connectivity index (χ1n) is 12.4. The van der Waals surface area contributed by atoms with Crippen LogP contribution in [0.3, 0.4) is 0 Å². The van der Waals surface area contributed by atoms with E-state index in [1.807, 2.05) is 0 Å². The van der Waals surface area contributed by atoms with Crippen LogP contribution in [-0.2, 0) is 15.9 Å². The zero-order valence-corrected chi connectivity index (χ0v) is 20.7. The smallest absolute Gasteiger partial charge is 0.288 e. The lowest BCUT2D eigenvalue weighted by Crippen LogP contribution is -2.49. The van der Waals surface area contributed by atoms with Gasteiger partial charge in [0.15, 0.2) is 0 Å². The molecule has 11 heteroatoms. The first-order chi connectivity index (χ1) is 16.8. The zero-order chi connectivity index (χ0) is 24.2. The van der Waals surface area contributed by atoms with E-state index in [1.54, 1.807) is 12.4 Å². The highest BCUT2D eigenvalue weighted by Crippen LogP contribution is 2.41. The molecule has 0 amide bonds. The molecule has 0 bridgehead atoms. The predicted octanol–water partition coefficient (Wildman–Crippen LogP) is 1.34. The van der Waals surface area contributed by atoms with Crippen LogP contribution in [0.15, 0.2) is 17.4 Å². The molecule has 0 aliphatic carbocycles. The van der Waals surface area contributed by atoms with Crippen LogP contribution in [0, 0.1) is 0 Å². The molecule has 2 aromatic rings. The molecule has 6 rings (SSSR count). The Balaban J connectivity index is 1.36. The molecule has 0 spiro atoms. The summed E-state index contributed by atoms with van der Waals surface area (Å²) in [4.78, 5) is 30.4. The molecule has 2 fully saturated rings. The average Bonchev–Trinajstić information content (AvgIpc) is 3.56. The summed E-state index contributed by atoms with van der Waals surface area (Å²) in [5.74, 6) is 2.00. The number of morpholine rings is 1. The number of hydrogen-bond acceptors (Lipinski definition) is 11. The average molecular weight is 480 g/mol. The first-order valence-corrected chi connectivity index (χ1v) is 12.4. The van der Waals surface area contributed by atoms with Gasteiger partial charge < -0.3 is 29.9 Å². The molecule has 2 N–H and O–H groups in total. The Morgan fingerprint density at radius 2 is 1.74 bits per heavy atom. The third-order valence-electron chi connectivity index (χ3n) is 7.38. The maximum absolute atomic E-state index is 5.95. The second-order valence-corrected chi connectivity index (χ2v) is 10.7. The number of nitrogens with zero attached hydrogens (tertiary/aromatic N) is 8. The molecule has 2 aromatic heterocycles. The number of rotatable bonds is 3. The minimum Gasteiger partial charge on any atom is -0.463 e. The van der Waals surface area contributed by atoms with E-state index >= 15 is 0 Å². The number of hydrogen-bond donors (Lipinski definition) is 1. The molecular formula is C24H33N9O2. The van der Waals surface area contributed by atoms with E-state index in [0.717, 1.165) is 80.2 Å². The molecule has 35 heavy (non-hydrogen) atoms. The van der Waals surface area contributed by atoms with Crippen molar-refractivity contribution in [1.82, 2.24) is 24.8 Å². The standard InChI is InChI=1S/C24H33N9O2/c1-23(2)15-35-22(30-23)32-7-5-24(3,14-32)33-6-4-17-18(16-12-26-20(25)27-13-16)28-21(29-19(17)33)31-8-10-34-11-9-31/h12-13H,4-11,14-15H2,1-3H3,(H2,25,26,27)/t24-/m0/s1. The van der Waals surface area contributed by atoms with Crippen molar-refractivity contribution in [2.75, 3.05) is 68.1 Å². The molecule has 2 saturated heterocycles. The van der Waals surface area contributed by atoms with Crippen molar-refractivity contribution in [3.63, 3.8) is 0 Å². The van der Waals surface area contributed by atoms with Crippen molar-refractivity contribution >= 4 is 23.7 Å². The third-order valence-corrected chi connectivity index (χ3v) is 7.38. The van der Waals surface area contributed by atoms with Gasteiger partial charge in [-0.1, -0.05) is 0 Å². The molecule has 0 unspecified atom stereocenters. The second-order valence-electron chi connectivity index (χ2n) is 10.7. The van der Waals surface area contributed by atoms with Gasteiger partial charge in [-0.25, -0.2) is 19.9 Å². The maximum Gasteiger partial charge on any atom is 0.288 e. The van der Waals surface area contributed by atoms with Gasteiger partial charge in [0.2, 0.25) is 11.9 Å². The first kappa shape index (κ1) is 22.3. The lowest BCUT2D eigenvalue weighted by molar-refractivity contribution is 0.122. The molecule has 0 saturated carbocycles. The van der Waals surface area contributed by atoms with E-state index in [-0.39, 0.29) is 17.0 Å². The highest BCUT2D eigenvalue weighted by Gasteiger charge is 2.45. The van der Waals surface area contributed by atoms with Gasteiger partial charge in [-0.05, 0) is 33.6 Å². The number of anilines is 3. The summed E-state index contributed by atoms with van der Waals surface area (Å²) in [5, 5.41) is 0. The van der Waals surface area contributed by atoms with Gasteiger partial charge in [0, 0.05) is 56.2 Å².